The monoisotopic (exact) mass is 255 g/mol. The van der Waals surface area contributed by atoms with Gasteiger partial charge >= 0.3 is 0 Å². The van der Waals surface area contributed by atoms with Crippen molar-refractivity contribution in [1.29, 1.82) is 0 Å². The van der Waals surface area contributed by atoms with E-state index in [1.807, 2.05) is 31.2 Å². The van der Waals surface area contributed by atoms with E-state index >= 15 is 0 Å². The average molecular weight is 255 g/mol. The Morgan fingerprint density at radius 1 is 1.41 bits per heavy atom. The molecule has 0 radical (unpaired) electrons. The Labute approximate surface area is 102 Å². The molecule has 1 heterocycles. The molecule has 1 aliphatic heterocycles. The van der Waals surface area contributed by atoms with Crippen LogP contribution < -0.4 is 4.74 Å². The molecule has 1 aromatic carbocycles. The maximum Gasteiger partial charge on any atom is 0.214 e. The Hall–Kier alpha value is -1.07. The van der Waals surface area contributed by atoms with Crippen LogP contribution in [0.4, 0.5) is 0 Å². The van der Waals surface area contributed by atoms with E-state index in [1.165, 1.54) is 4.31 Å². The van der Waals surface area contributed by atoms with Crippen LogP contribution in [0, 0.1) is 0 Å². The van der Waals surface area contributed by atoms with Gasteiger partial charge in [-0.25, -0.2) is 8.42 Å². The molecule has 1 aliphatic rings. The van der Waals surface area contributed by atoms with Gasteiger partial charge in [0.15, 0.2) is 0 Å². The fourth-order valence-electron chi connectivity index (χ4n) is 2.10. The first-order valence-corrected chi connectivity index (χ1v) is 7.38. The quantitative estimate of drug-likeness (QED) is 0.809. The normalized spacial score (nSPS) is 21.4. The minimum atomic E-state index is -3.18. The maximum atomic E-state index is 12.0. The van der Waals surface area contributed by atoms with E-state index in [2.05, 4.69) is 0 Å². The number of fused-ring (bicyclic) bond motifs is 1. The van der Waals surface area contributed by atoms with Crippen LogP contribution in [0.1, 0.15) is 25.5 Å². The number of ether oxygens (including phenoxy) is 1. The number of hydrogen-bond acceptors (Lipinski definition) is 3. The molecule has 0 amide bonds. The number of sulfonamides is 1. The summed E-state index contributed by atoms with van der Waals surface area (Å²) in [7, 11) is -3.18. The van der Waals surface area contributed by atoms with Gasteiger partial charge in [-0.2, -0.15) is 4.31 Å². The van der Waals surface area contributed by atoms with Gasteiger partial charge in [0, 0.05) is 12.1 Å². The van der Waals surface area contributed by atoms with Crippen LogP contribution >= 0.6 is 0 Å². The summed E-state index contributed by atoms with van der Waals surface area (Å²) < 4.78 is 31.1. The summed E-state index contributed by atoms with van der Waals surface area (Å²) in [5.41, 5.74) is 0.932. The number of benzene rings is 1. The number of hydrogen-bond donors (Lipinski definition) is 0. The van der Waals surface area contributed by atoms with E-state index in [-0.39, 0.29) is 11.8 Å². The first-order chi connectivity index (χ1) is 8.06. The van der Waals surface area contributed by atoms with Crippen molar-refractivity contribution in [3.05, 3.63) is 29.8 Å². The summed E-state index contributed by atoms with van der Waals surface area (Å²) in [6, 6.07) is 7.44. The van der Waals surface area contributed by atoms with Crippen LogP contribution in [0.15, 0.2) is 24.3 Å². The second-order valence-electron chi connectivity index (χ2n) is 4.07. The molecule has 0 aliphatic carbocycles. The highest BCUT2D eigenvalue weighted by molar-refractivity contribution is 7.89. The van der Waals surface area contributed by atoms with Gasteiger partial charge in [0.05, 0.1) is 11.8 Å². The Bertz CT molecular complexity index is 498. The summed E-state index contributed by atoms with van der Waals surface area (Å²) in [5, 5.41) is 0. The lowest BCUT2D eigenvalue weighted by atomic mass is 10.1. The topological polar surface area (TPSA) is 46.6 Å². The zero-order chi connectivity index (χ0) is 12.5. The molecule has 1 unspecified atom stereocenters. The summed E-state index contributed by atoms with van der Waals surface area (Å²) in [5.74, 6) is 0.910. The Morgan fingerprint density at radius 3 is 2.82 bits per heavy atom. The van der Waals surface area contributed by atoms with E-state index in [0.29, 0.717) is 13.2 Å². The smallest absolute Gasteiger partial charge is 0.214 e. The van der Waals surface area contributed by atoms with Gasteiger partial charge in [0.25, 0.3) is 0 Å². The molecule has 0 aromatic heterocycles. The summed E-state index contributed by atoms with van der Waals surface area (Å²) in [6.45, 7) is 4.38. The molecule has 94 valence electrons. The zero-order valence-corrected chi connectivity index (χ0v) is 10.9. The number of nitrogens with zero attached hydrogens (tertiary/aromatic N) is 1. The average Bonchev–Trinajstić information content (AvgIpc) is 2.50. The summed E-state index contributed by atoms with van der Waals surface area (Å²) in [6.07, 6.45) is 0. The van der Waals surface area contributed by atoms with E-state index < -0.39 is 10.0 Å². The first-order valence-electron chi connectivity index (χ1n) is 5.77. The third-order valence-corrected chi connectivity index (χ3v) is 5.04. The van der Waals surface area contributed by atoms with Crippen LogP contribution in [0.2, 0.25) is 0 Å². The number of para-hydroxylation sites is 1. The molecule has 1 aromatic rings. The second-order valence-corrected chi connectivity index (χ2v) is 6.28. The number of rotatable bonds is 2. The highest BCUT2D eigenvalue weighted by Crippen LogP contribution is 2.32. The van der Waals surface area contributed by atoms with Gasteiger partial charge in [-0.05, 0) is 19.9 Å². The lowest BCUT2D eigenvalue weighted by Crippen LogP contribution is -2.36. The van der Waals surface area contributed by atoms with Crippen molar-refractivity contribution in [2.75, 3.05) is 18.9 Å². The third-order valence-electron chi connectivity index (χ3n) is 3.09. The van der Waals surface area contributed by atoms with Gasteiger partial charge in [0.1, 0.15) is 12.4 Å². The van der Waals surface area contributed by atoms with Crippen molar-refractivity contribution in [2.45, 2.75) is 19.9 Å². The molecule has 0 bridgehead atoms. The van der Waals surface area contributed by atoms with Crippen LogP contribution in [0.25, 0.3) is 0 Å². The molecule has 17 heavy (non-hydrogen) atoms. The first kappa shape index (κ1) is 12.4. The Balaban J connectivity index is 2.42. The van der Waals surface area contributed by atoms with E-state index in [0.717, 1.165) is 11.3 Å². The molecule has 0 fully saturated rings. The van der Waals surface area contributed by atoms with Gasteiger partial charge in [-0.15, -0.1) is 0 Å². The van der Waals surface area contributed by atoms with Crippen molar-refractivity contribution in [3.63, 3.8) is 0 Å². The highest BCUT2D eigenvalue weighted by atomic mass is 32.2. The van der Waals surface area contributed by atoms with Crippen LogP contribution in [0.5, 0.6) is 5.75 Å². The molecule has 0 spiro atoms. The maximum absolute atomic E-state index is 12.0. The van der Waals surface area contributed by atoms with E-state index in [4.69, 9.17) is 4.74 Å². The van der Waals surface area contributed by atoms with E-state index in [9.17, 15) is 8.42 Å². The fourth-order valence-corrected chi connectivity index (χ4v) is 3.38. The van der Waals surface area contributed by atoms with Crippen molar-refractivity contribution in [1.82, 2.24) is 4.31 Å². The van der Waals surface area contributed by atoms with Gasteiger partial charge in [-0.1, -0.05) is 18.2 Å². The molecular formula is C12H17NO3S. The molecule has 4 nitrogen and oxygen atoms in total. The fraction of sp³-hybridized carbons (Fsp3) is 0.500. The largest absolute Gasteiger partial charge is 0.492 e. The summed E-state index contributed by atoms with van der Waals surface area (Å²) in [4.78, 5) is 0. The molecule has 5 heteroatoms. The molecule has 0 saturated carbocycles. The summed E-state index contributed by atoms with van der Waals surface area (Å²) >= 11 is 0. The SMILES string of the molecule is CCS(=O)(=O)N1CCOc2ccccc2C1C. The van der Waals surface area contributed by atoms with E-state index in [1.54, 1.807) is 6.92 Å². The third kappa shape index (κ3) is 2.30. The lowest BCUT2D eigenvalue weighted by Gasteiger charge is -2.25. The van der Waals surface area contributed by atoms with Crippen LogP contribution in [-0.2, 0) is 10.0 Å². The van der Waals surface area contributed by atoms with Gasteiger partial charge in [-0.3, -0.25) is 0 Å². The molecule has 2 rings (SSSR count). The van der Waals surface area contributed by atoms with Crippen molar-refractivity contribution in [2.24, 2.45) is 0 Å². The molecule has 0 saturated heterocycles. The van der Waals surface area contributed by atoms with Gasteiger partial charge in [0.2, 0.25) is 10.0 Å². The predicted molar refractivity (Wildman–Crippen MR) is 66.5 cm³/mol. The predicted octanol–water partition coefficient (Wildman–Crippen LogP) is 1.79. The minimum absolute atomic E-state index is 0.125. The zero-order valence-electron chi connectivity index (χ0n) is 10.1. The Morgan fingerprint density at radius 2 is 2.12 bits per heavy atom. The highest BCUT2D eigenvalue weighted by Gasteiger charge is 2.30. The standard InChI is InChI=1S/C12H17NO3S/c1-3-17(14,15)13-8-9-16-12-7-5-4-6-11(12)10(13)2/h4-7,10H,3,8-9H2,1-2H3. The van der Waals surface area contributed by atoms with Crippen molar-refractivity contribution < 1.29 is 13.2 Å². The second kappa shape index (κ2) is 4.66. The minimum Gasteiger partial charge on any atom is -0.492 e. The lowest BCUT2D eigenvalue weighted by molar-refractivity contribution is 0.278. The Kier molecular flexibility index (Phi) is 3.40. The van der Waals surface area contributed by atoms with Crippen LogP contribution in [-0.4, -0.2) is 31.6 Å². The van der Waals surface area contributed by atoms with Crippen LogP contribution in [0.3, 0.4) is 0 Å². The molecule has 0 N–H and O–H groups in total. The van der Waals surface area contributed by atoms with Crippen molar-refractivity contribution >= 4 is 10.0 Å². The van der Waals surface area contributed by atoms with Crippen molar-refractivity contribution in [3.8, 4) is 5.75 Å². The molecular weight excluding hydrogens is 238 g/mol. The molecule has 1 atom stereocenters. The van der Waals surface area contributed by atoms with Gasteiger partial charge < -0.3 is 4.74 Å².